The van der Waals surface area contributed by atoms with Crippen LogP contribution in [0.15, 0.2) is 59.0 Å². The highest BCUT2D eigenvalue weighted by Gasteiger charge is 2.31. The molecule has 0 saturated carbocycles. The molecule has 0 bridgehead atoms. The van der Waals surface area contributed by atoms with E-state index in [1.54, 1.807) is 18.2 Å². The summed E-state index contributed by atoms with van der Waals surface area (Å²) in [5, 5.41) is 2.90. The Balaban J connectivity index is 1.22. The monoisotopic (exact) mass is 476 g/mol. The lowest BCUT2D eigenvalue weighted by Gasteiger charge is -2.36. The van der Waals surface area contributed by atoms with Gasteiger partial charge in [-0.25, -0.2) is 5.48 Å². The van der Waals surface area contributed by atoms with Crippen LogP contribution in [0.3, 0.4) is 0 Å². The predicted molar refractivity (Wildman–Crippen MR) is 120 cm³/mol. The number of alkyl halides is 3. The van der Waals surface area contributed by atoms with E-state index >= 15 is 0 Å². The number of nitrogens with one attached hydrogen (secondary N) is 2. The molecule has 0 radical (unpaired) electrons. The van der Waals surface area contributed by atoms with Crippen molar-refractivity contribution in [3.05, 3.63) is 64.6 Å². The van der Waals surface area contributed by atoms with Crippen molar-refractivity contribution in [2.24, 2.45) is 0 Å². The van der Waals surface area contributed by atoms with Gasteiger partial charge in [0.05, 0.1) is 17.8 Å². The summed E-state index contributed by atoms with van der Waals surface area (Å²) < 4.78 is 38.9. The SMILES string of the molecule is CC1=C(CCNC(=O)CN2CCN(c3cccc(C(F)(F)F)c3)CC2)NOC2=CCC(=O)C=C21. The summed E-state index contributed by atoms with van der Waals surface area (Å²) >= 11 is 0. The topological polar surface area (TPSA) is 73.9 Å². The molecule has 1 aromatic rings. The van der Waals surface area contributed by atoms with Crippen LogP contribution >= 0.6 is 0 Å². The first-order valence-electron chi connectivity index (χ1n) is 11.2. The van der Waals surface area contributed by atoms with Crippen molar-refractivity contribution in [3.63, 3.8) is 0 Å². The molecule has 1 saturated heterocycles. The van der Waals surface area contributed by atoms with Gasteiger partial charge in [0.2, 0.25) is 5.91 Å². The molecule has 1 amide bonds. The minimum Gasteiger partial charge on any atom is -0.382 e. The van der Waals surface area contributed by atoms with E-state index in [0.717, 1.165) is 22.9 Å². The molecule has 2 heterocycles. The van der Waals surface area contributed by atoms with Gasteiger partial charge in [-0.2, -0.15) is 13.2 Å². The summed E-state index contributed by atoms with van der Waals surface area (Å²) in [6, 6.07) is 5.33. The number of allylic oxidation sites excluding steroid dienone is 3. The summed E-state index contributed by atoms with van der Waals surface area (Å²) in [5.74, 6) is 0.564. The number of carbonyl (C=O) groups excluding carboxylic acids is 2. The summed E-state index contributed by atoms with van der Waals surface area (Å²) in [6.07, 6.45) is -0.177. The van der Waals surface area contributed by atoms with Gasteiger partial charge in [0.1, 0.15) is 0 Å². The molecule has 1 aliphatic carbocycles. The second kappa shape index (κ2) is 9.92. The third kappa shape index (κ3) is 5.61. The molecule has 1 aromatic carbocycles. The fourth-order valence-electron chi connectivity index (χ4n) is 4.21. The number of ketones is 1. The lowest BCUT2D eigenvalue weighted by Crippen LogP contribution is -2.49. The van der Waals surface area contributed by atoms with Crippen molar-refractivity contribution in [2.75, 3.05) is 44.2 Å². The summed E-state index contributed by atoms with van der Waals surface area (Å²) in [6.45, 7) is 4.81. The molecule has 0 atom stereocenters. The van der Waals surface area contributed by atoms with Gasteiger partial charge in [0.15, 0.2) is 11.5 Å². The Morgan fingerprint density at radius 3 is 2.71 bits per heavy atom. The van der Waals surface area contributed by atoms with Gasteiger partial charge in [0, 0.05) is 56.8 Å². The standard InChI is InChI=1S/C24H27F3N4O3/c1-16-20-14-19(32)5-6-22(20)34-29-21(16)7-8-28-23(33)15-30-9-11-31(12-10-30)18-4-2-3-17(13-18)24(25,26)27/h2-4,6,13-14,29H,5,7-12,15H2,1H3,(H,28,33). The Labute approximate surface area is 195 Å². The Kier molecular flexibility index (Phi) is 6.97. The highest BCUT2D eigenvalue weighted by Crippen LogP contribution is 2.32. The van der Waals surface area contributed by atoms with Gasteiger partial charge in [-0.1, -0.05) is 6.07 Å². The maximum atomic E-state index is 13.0. The highest BCUT2D eigenvalue weighted by atomic mass is 19.4. The van der Waals surface area contributed by atoms with E-state index in [0.29, 0.717) is 57.0 Å². The summed E-state index contributed by atoms with van der Waals surface area (Å²) in [4.78, 5) is 33.5. The Hall–Kier alpha value is -3.27. The first-order valence-corrected chi connectivity index (χ1v) is 11.2. The van der Waals surface area contributed by atoms with Crippen LogP contribution in [0.1, 0.15) is 25.3 Å². The fourth-order valence-corrected chi connectivity index (χ4v) is 4.21. The van der Waals surface area contributed by atoms with Crippen molar-refractivity contribution in [3.8, 4) is 0 Å². The third-order valence-electron chi connectivity index (χ3n) is 6.18. The Morgan fingerprint density at radius 2 is 1.97 bits per heavy atom. The number of hydrogen-bond acceptors (Lipinski definition) is 6. The maximum Gasteiger partial charge on any atom is 0.416 e. The van der Waals surface area contributed by atoms with Crippen LogP contribution in [0.25, 0.3) is 0 Å². The lowest BCUT2D eigenvalue weighted by molar-refractivity contribution is -0.137. The van der Waals surface area contributed by atoms with Crippen molar-refractivity contribution in [1.82, 2.24) is 15.7 Å². The van der Waals surface area contributed by atoms with Crippen LogP contribution in [-0.4, -0.2) is 55.9 Å². The molecular weight excluding hydrogens is 449 g/mol. The molecule has 3 aliphatic rings. The first kappa shape index (κ1) is 23.9. The fraction of sp³-hybridized carbons (Fsp3) is 0.417. The van der Waals surface area contributed by atoms with E-state index < -0.39 is 11.7 Å². The van der Waals surface area contributed by atoms with Crippen LogP contribution in [0.2, 0.25) is 0 Å². The normalized spacial score (nSPS) is 19.1. The largest absolute Gasteiger partial charge is 0.416 e. The predicted octanol–water partition coefficient (Wildman–Crippen LogP) is 2.93. The quantitative estimate of drug-likeness (QED) is 0.658. The molecule has 182 valence electrons. The van der Waals surface area contributed by atoms with Crippen LogP contribution in [0.4, 0.5) is 18.9 Å². The number of piperazine rings is 1. The van der Waals surface area contributed by atoms with Gasteiger partial charge >= 0.3 is 6.18 Å². The average molecular weight is 476 g/mol. The number of carbonyl (C=O) groups is 2. The summed E-state index contributed by atoms with van der Waals surface area (Å²) in [7, 11) is 0. The van der Waals surface area contributed by atoms with E-state index in [9.17, 15) is 22.8 Å². The third-order valence-corrected chi connectivity index (χ3v) is 6.18. The van der Waals surface area contributed by atoms with Gasteiger partial charge in [-0.15, -0.1) is 0 Å². The number of hydroxylamine groups is 1. The van der Waals surface area contributed by atoms with Crippen molar-refractivity contribution in [1.29, 1.82) is 0 Å². The minimum absolute atomic E-state index is 0.0319. The molecule has 10 heteroatoms. The van der Waals surface area contributed by atoms with E-state index in [1.807, 2.05) is 16.7 Å². The van der Waals surface area contributed by atoms with E-state index in [2.05, 4.69) is 10.8 Å². The Morgan fingerprint density at radius 1 is 1.21 bits per heavy atom. The maximum absolute atomic E-state index is 13.0. The molecule has 4 rings (SSSR count). The average Bonchev–Trinajstić information content (AvgIpc) is 2.81. The second-order valence-electron chi connectivity index (χ2n) is 8.52. The van der Waals surface area contributed by atoms with E-state index in [-0.39, 0.29) is 18.2 Å². The molecule has 0 unspecified atom stereocenters. The zero-order valence-electron chi connectivity index (χ0n) is 18.9. The molecule has 2 aliphatic heterocycles. The second-order valence-corrected chi connectivity index (χ2v) is 8.52. The highest BCUT2D eigenvalue weighted by molar-refractivity contribution is 5.94. The van der Waals surface area contributed by atoms with Crippen molar-refractivity contribution in [2.45, 2.75) is 25.9 Å². The zero-order chi connectivity index (χ0) is 24.3. The van der Waals surface area contributed by atoms with E-state index in [4.69, 9.17) is 4.84 Å². The van der Waals surface area contributed by atoms with Crippen molar-refractivity contribution < 1.29 is 27.6 Å². The van der Waals surface area contributed by atoms with Crippen LogP contribution in [-0.2, 0) is 20.6 Å². The summed E-state index contributed by atoms with van der Waals surface area (Å²) in [5.41, 5.74) is 5.28. The number of nitrogens with zero attached hydrogens (tertiary/aromatic N) is 2. The van der Waals surface area contributed by atoms with Crippen LogP contribution in [0, 0.1) is 0 Å². The van der Waals surface area contributed by atoms with Gasteiger partial charge in [-0.05, 0) is 42.8 Å². The molecule has 1 fully saturated rings. The number of fused-ring (bicyclic) bond motifs is 1. The number of rotatable bonds is 6. The smallest absolute Gasteiger partial charge is 0.382 e. The van der Waals surface area contributed by atoms with Crippen LogP contribution < -0.4 is 15.7 Å². The molecular formula is C24H27F3N4O3. The number of amides is 1. The number of anilines is 1. The molecule has 0 aromatic heterocycles. The molecule has 2 N–H and O–H groups in total. The number of benzene rings is 1. The van der Waals surface area contributed by atoms with Gasteiger partial charge in [-0.3, -0.25) is 14.5 Å². The molecule has 7 nitrogen and oxygen atoms in total. The van der Waals surface area contributed by atoms with E-state index in [1.165, 1.54) is 12.1 Å². The first-order chi connectivity index (χ1) is 16.2. The number of halogens is 3. The van der Waals surface area contributed by atoms with Gasteiger partial charge < -0.3 is 15.1 Å². The Bertz CT molecular complexity index is 1050. The molecule has 34 heavy (non-hydrogen) atoms. The molecule has 0 spiro atoms. The van der Waals surface area contributed by atoms with Crippen LogP contribution in [0.5, 0.6) is 0 Å². The zero-order valence-corrected chi connectivity index (χ0v) is 18.9. The van der Waals surface area contributed by atoms with Gasteiger partial charge in [0.25, 0.3) is 0 Å². The lowest BCUT2D eigenvalue weighted by atomic mass is 9.95. The minimum atomic E-state index is -4.37. The van der Waals surface area contributed by atoms with Crippen molar-refractivity contribution >= 4 is 17.4 Å². The number of hydrogen-bond donors (Lipinski definition) is 2.